The first-order valence-corrected chi connectivity index (χ1v) is 7.84. The molecule has 0 unspecified atom stereocenters. The summed E-state index contributed by atoms with van der Waals surface area (Å²) in [6, 6.07) is 8.90. The van der Waals surface area contributed by atoms with E-state index in [0.717, 1.165) is 11.1 Å². The van der Waals surface area contributed by atoms with Crippen LogP contribution in [0, 0.1) is 0 Å². The minimum Gasteiger partial charge on any atom is -0.493 e. The Labute approximate surface area is 150 Å². The number of methoxy groups -OCH3 is 3. The fourth-order valence-electron chi connectivity index (χ4n) is 2.76. The Morgan fingerprint density at radius 2 is 1.81 bits per heavy atom. The van der Waals surface area contributed by atoms with E-state index in [4.69, 9.17) is 18.9 Å². The van der Waals surface area contributed by atoms with Crippen LogP contribution >= 0.6 is 0 Å². The van der Waals surface area contributed by atoms with Crippen LogP contribution in [0.2, 0.25) is 0 Å². The summed E-state index contributed by atoms with van der Waals surface area (Å²) in [5.74, 6) is 0.328. The van der Waals surface area contributed by atoms with Gasteiger partial charge in [0.05, 0.1) is 26.9 Å². The van der Waals surface area contributed by atoms with Crippen molar-refractivity contribution in [2.75, 3.05) is 27.9 Å². The summed E-state index contributed by atoms with van der Waals surface area (Å²) < 4.78 is 26.1. The van der Waals surface area contributed by atoms with Gasteiger partial charge in [0.2, 0.25) is 5.75 Å². The van der Waals surface area contributed by atoms with Crippen LogP contribution in [0.4, 0.5) is 0 Å². The molecule has 7 heteroatoms. The van der Waals surface area contributed by atoms with Crippen molar-refractivity contribution < 1.29 is 33.3 Å². The molecule has 0 atom stereocenters. The van der Waals surface area contributed by atoms with E-state index in [1.807, 2.05) is 6.07 Å². The number of cyclic esters (lactones) is 1. The summed E-state index contributed by atoms with van der Waals surface area (Å²) in [4.78, 5) is 23.1. The van der Waals surface area contributed by atoms with Gasteiger partial charge in [-0.25, -0.2) is 9.59 Å². The maximum absolute atomic E-state index is 11.6. The van der Waals surface area contributed by atoms with Gasteiger partial charge in [-0.1, -0.05) is 6.07 Å². The highest BCUT2D eigenvalue weighted by atomic mass is 16.6. The molecule has 0 N–H and O–H groups in total. The Morgan fingerprint density at radius 1 is 1.04 bits per heavy atom. The molecule has 1 heterocycles. The Hall–Kier alpha value is -3.22. The van der Waals surface area contributed by atoms with E-state index in [-0.39, 0.29) is 19.2 Å². The van der Waals surface area contributed by atoms with Gasteiger partial charge in [0.25, 0.3) is 0 Å². The van der Waals surface area contributed by atoms with Crippen molar-refractivity contribution >= 4 is 11.9 Å². The molecule has 7 nitrogen and oxygen atoms in total. The van der Waals surface area contributed by atoms with Gasteiger partial charge in [-0.05, 0) is 29.8 Å². The summed E-state index contributed by atoms with van der Waals surface area (Å²) in [5.41, 5.74) is 2.82. The van der Waals surface area contributed by atoms with E-state index in [0.29, 0.717) is 28.4 Å². The maximum atomic E-state index is 11.6. The Bertz CT molecular complexity index is 857. The third-order valence-corrected chi connectivity index (χ3v) is 4.06. The average Bonchev–Trinajstić information content (AvgIpc) is 3.05. The molecule has 2 aromatic carbocycles. The summed E-state index contributed by atoms with van der Waals surface area (Å²) in [7, 11) is 4.29. The van der Waals surface area contributed by atoms with Crippen LogP contribution in [0.3, 0.4) is 0 Å². The number of carbonyl (C=O) groups excluding carboxylic acids is 2. The smallest absolute Gasteiger partial charge is 0.343 e. The third kappa shape index (κ3) is 3.15. The van der Waals surface area contributed by atoms with Crippen molar-refractivity contribution in [3.05, 3.63) is 41.5 Å². The Morgan fingerprint density at radius 3 is 2.50 bits per heavy atom. The van der Waals surface area contributed by atoms with Crippen LogP contribution in [-0.4, -0.2) is 39.9 Å². The molecule has 0 aliphatic carbocycles. The van der Waals surface area contributed by atoms with Gasteiger partial charge in [-0.15, -0.1) is 0 Å². The molecular weight excluding hydrogens is 340 g/mol. The zero-order valence-corrected chi connectivity index (χ0v) is 14.7. The first-order chi connectivity index (χ1) is 12.6. The van der Waals surface area contributed by atoms with Crippen molar-refractivity contribution in [2.24, 2.45) is 0 Å². The number of fused-ring (bicyclic) bond motifs is 1. The highest BCUT2D eigenvalue weighted by molar-refractivity contribution is 5.94. The molecule has 0 saturated carbocycles. The average molecular weight is 358 g/mol. The molecule has 0 spiro atoms. The molecule has 0 saturated heterocycles. The van der Waals surface area contributed by atoms with E-state index in [9.17, 15) is 9.59 Å². The second kappa shape index (κ2) is 7.35. The molecule has 0 fully saturated rings. The largest absolute Gasteiger partial charge is 0.493 e. The van der Waals surface area contributed by atoms with Crippen molar-refractivity contribution in [2.45, 2.75) is 6.61 Å². The lowest BCUT2D eigenvalue weighted by molar-refractivity contribution is -0.142. The number of benzene rings is 2. The molecular formula is C19H18O7. The lowest BCUT2D eigenvalue weighted by atomic mass is 9.99. The fourth-order valence-corrected chi connectivity index (χ4v) is 2.76. The molecule has 0 aromatic heterocycles. The number of esters is 2. The minimum absolute atomic E-state index is 0.230. The van der Waals surface area contributed by atoms with E-state index in [1.165, 1.54) is 21.3 Å². The lowest BCUT2D eigenvalue weighted by Crippen LogP contribution is -2.13. The number of ether oxygens (including phenoxy) is 5. The molecule has 1 aliphatic rings. The molecule has 26 heavy (non-hydrogen) atoms. The molecule has 3 rings (SSSR count). The molecule has 2 aromatic rings. The van der Waals surface area contributed by atoms with E-state index >= 15 is 0 Å². The minimum atomic E-state index is -0.520. The SMILES string of the molecule is COC(=O)COc1c(-c2ccc3c(c2)COC3=O)ccc(OC)c1OC. The van der Waals surface area contributed by atoms with Crippen LogP contribution in [-0.2, 0) is 20.9 Å². The fraction of sp³-hybridized carbons (Fsp3) is 0.263. The topological polar surface area (TPSA) is 80.3 Å². The van der Waals surface area contributed by atoms with Gasteiger partial charge in [0.1, 0.15) is 6.61 Å². The van der Waals surface area contributed by atoms with Gasteiger partial charge >= 0.3 is 11.9 Å². The van der Waals surface area contributed by atoms with Crippen molar-refractivity contribution in [3.63, 3.8) is 0 Å². The predicted molar refractivity (Wildman–Crippen MR) is 91.6 cm³/mol. The van der Waals surface area contributed by atoms with Crippen LogP contribution in [0.15, 0.2) is 30.3 Å². The summed E-state index contributed by atoms with van der Waals surface area (Å²) in [6.45, 7) is -0.0484. The highest BCUT2D eigenvalue weighted by Gasteiger charge is 2.24. The van der Waals surface area contributed by atoms with E-state index in [2.05, 4.69) is 4.74 Å². The number of rotatable bonds is 6. The molecule has 1 aliphatic heterocycles. The molecule has 136 valence electrons. The monoisotopic (exact) mass is 358 g/mol. The summed E-state index contributed by atoms with van der Waals surface area (Å²) in [5, 5.41) is 0. The highest BCUT2D eigenvalue weighted by Crippen LogP contribution is 2.45. The van der Waals surface area contributed by atoms with Gasteiger partial charge < -0.3 is 23.7 Å². The van der Waals surface area contributed by atoms with Crippen molar-refractivity contribution in [1.29, 1.82) is 0 Å². The second-order valence-electron chi connectivity index (χ2n) is 5.49. The lowest BCUT2D eigenvalue weighted by Gasteiger charge is -2.17. The third-order valence-electron chi connectivity index (χ3n) is 4.06. The van der Waals surface area contributed by atoms with Crippen LogP contribution in [0.25, 0.3) is 11.1 Å². The molecule has 0 amide bonds. The first kappa shape index (κ1) is 17.6. The van der Waals surface area contributed by atoms with E-state index < -0.39 is 5.97 Å². The summed E-state index contributed by atoms with van der Waals surface area (Å²) in [6.07, 6.45) is 0. The van der Waals surface area contributed by atoms with Gasteiger partial charge in [0, 0.05) is 11.1 Å². The zero-order valence-electron chi connectivity index (χ0n) is 14.7. The standard InChI is InChI=1S/C19H18O7/c1-22-15-7-6-13(17(18(15)24-3)25-10-16(20)23-2)11-4-5-14-12(8-11)9-26-19(14)21/h4-8H,9-10H2,1-3H3. The normalized spacial score (nSPS) is 12.2. The maximum Gasteiger partial charge on any atom is 0.343 e. The first-order valence-electron chi connectivity index (χ1n) is 7.84. The number of hydrogen-bond acceptors (Lipinski definition) is 7. The Balaban J connectivity index is 2.08. The predicted octanol–water partition coefficient (Wildman–Crippen LogP) is 2.59. The number of hydrogen-bond donors (Lipinski definition) is 0. The van der Waals surface area contributed by atoms with Gasteiger partial charge in [-0.2, -0.15) is 0 Å². The number of carbonyl (C=O) groups is 2. The quantitative estimate of drug-likeness (QED) is 0.734. The van der Waals surface area contributed by atoms with Crippen LogP contribution in [0.1, 0.15) is 15.9 Å². The van der Waals surface area contributed by atoms with Crippen molar-refractivity contribution in [3.8, 4) is 28.4 Å². The van der Waals surface area contributed by atoms with Gasteiger partial charge in [0.15, 0.2) is 18.1 Å². The summed E-state index contributed by atoms with van der Waals surface area (Å²) >= 11 is 0. The van der Waals surface area contributed by atoms with E-state index in [1.54, 1.807) is 24.3 Å². The van der Waals surface area contributed by atoms with Crippen LogP contribution in [0.5, 0.6) is 17.2 Å². The second-order valence-corrected chi connectivity index (χ2v) is 5.49. The molecule has 0 radical (unpaired) electrons. The van der Waals surface area contributed by atoms with Gasteiger partial charge in [-0.3, -0.25) is 0 Å². The van der Waals surface area contributed by atoms with Crippen molar-refractivity contribution in [1.82, 2.24) is 0 Å². The zero-order chi connectivity index (χ0) is 18.7. The molecule has 0 bridgehead atoms. The Kier molecular flexibility index (Phi) is 4.97. The van der Waals surface area contributed by atoms with Crippen LogP contribution < -0.4 is 14.2 Å².